The first-order chi connectivity index (χ1) is 8.51. The van der Waals surface area contributed by atoms with E-state index in [2.05, 4.69) is 37.7 Å². The normalized spacial score (nSPS) is 27.3. The number of ether oxygens (including phenoxy) is 1. The highest BCUT2D eigenvalue weighted by Crippen LogP contribution is 2.47. The van der Waals surface area contributed by atoms with Crippen LogP contribution in [0.2, 0.25) is 0 Å². The van der Waals surface area contributed by atoms with Gasteiger partial charge in [0.2, 0.25) is 0 Å². The van der Waals surface area contributed by atoms with Crippen LogP contribution in [0.3, 0.4) is 0 Å². The summed E-state index contributed by atoms with van der Waals surface area (Å²) >= 11 is 0. The first-order valence-corrected chi connectivity index (χ1v) is 7.51. The van der Waals surface area contributed by atoms with E-state index in [-0.39, 0.29) is 0 Å². The smallest absolute Gasteiger partial charge is 0.0538 e. The quantitative estimate of drug-likeness (QED) is 0.693. The summed E-state index contributed by atoms with van der Waals surface area (Å²) in [7, 11) is 4.37. The second-order valence-electron chi connectivity index (χ2n) is 6.89. The van der Waals surface area contributed by atoms with Gasteiger partial charge in [-0.25, -0.2) is 0 Å². The minimum absolute atomic E-state index is 0.374. The molecule has 2 aliphatic rings. The van der Waals surface area contributed by atoms with Crippen molar-refractivity contribution in [2.45, 2.75) is 51.7 Å². The van der Waals surface area contributed by atoms with Crippen LogP contribution in [0.25, 0.3) is 0 Å². The lowest BCUT2D eigenvalue weighted by molar-refractivity contribution is 0.0282. The molecule has 0 amide bonds. The van der Waals surface area contributed by atoms with Crippen LogP contribution < -0.4 is 0 Å². The zero-order valence-electron chi connectivity index (χ0n) is 12.6. The Morgan fingerprint density at radius 2 is 2.06 bits per heavy atom. The number of nitrogens with zero attached hydrogens (tertiary/aromatic N) is 2. The molecule has 1 heterocycles. The zero-order chi connectivity index (χ0) is 13.2. The molecule has 0 spiro atoms. The molecule has 0 bridgehead atoms. The highest BCUT2D eigenvalue weighted by molar-refractivity contribution is 4.98. The fourth-order valence-electron chi connectivity index (χ4n) is 3.03. The summed E-state index contributed by atoms with van der Waals surface area (Å²) < 4.78 is 5.86. The lowest BCUT2D eigenvalue weighted by atomic mass is 10.1. The van der Waals surface area contributed by atoms with Gasteiger partial charge >= 0.3 is 0 Å². The summed E-state index contributed by atoms with van der Waals surface area (Å²) in [6.07, 6.45) is 5.85. The molecule has 3 nitrogen and oxygen atoms in total. The minimum atomic E-state index is 0.374. The molecule has 18 heavy (non-hydrogen) atoms. The third kappa shape index (κ3) is 3.94. The molecule has 0 aromatic carbocycles. The molecule has 1 aliphatic carbocycles. The molecule has 1 saturated carbocycles. The molecular formula is C15H30N2O. The summed E-state index contributed by atoms with van der Waals surface area (Å²) in [5.41, 5.74) is 0.499. The Kier molecular flexibility index (Phi) is 4.68. The van der Waals surface area contributed by atoms with Crippen molar-refractivity contribution in [2.75, 3.05) is 40.3 Å². The molecule has 0 aromatic heterocycles. The van der Waals surface area contributed by atoms with Crippen LogP contribution in [-0.2, 0) is 4.74 Å². The van der Waals surface area contributed by atoms with Gasteiger partial charge in [0.15, 0.2) is 0 Å². The molecule has 106 valence electrons. The van der Waals surface area contributed by atoms with Crippen molar-refractivity contribution in [2.24, 2.45) is 5.41 Å². The average molecular weight is 254 g/mol. The summed E-state index contributed by atoms with van der Waals surface area (Å²) in [5, 5.41) is 0. The van der Waals surface area contributed by atoms with Gasteiger partial charge in [-0.3, -0.25) is 4.90 Å². The summed E-state index contributed by atoms with van der Waals surface area (Å²) in [6.45, 7) is 9.01. The highest BCUT2D eigenvalue weighted by atomic mass is 16.5. The molecule has 1 saturated heterocycles. The predicted octanol–water partition coefficient (Wildman–Crippen LogP) is 2.22. The van der Waals surface area contributed by atoms with E-state index in [0.717, 1.165) is 12.6 Å². The Morgan fingerprint density at radius 3 is 2.61 bits per heavy atom. The van der Waals surface area contributed by atoms with Crippen molar-refractivity contribution in [3.8, 4) is 0 Å². The summed E-state index contributed by atoms with van der Waals surface area (Å²) in [4.78, 5) is 5.05. The Morgan fingerprint density at radius 1 is 1.33 bits per heavy atom. The fourth-order valence-corrected chi connectivity index (χ4v) is 3.03. The number of likely N-dealkylation sites (N-methyl/N-ethyl adjacent to an activating group) is 1. The van der Waals surface area contributed by atoms with Gasteiger partial charge in [0, 0.05) is 24.5 Å². The van der Waals surface area contributed by atoms with E-state index in [1.54, 1.807) is 0 Å². The van der Waals surface area contributed by atoms with Gasteiger partial charge in [0.1, 0.15) is 0 Å². The Bertz CT molecular complexity index is 261. The van der Waals surface area contributed by atoms with Gasteiger partial charge in [-0.1, -0.05) is 0 Å². The first-order valence-electron chi connectivity index (χ1n) is 7.51. The van der Waals surface area contributed by atoms with Crippen molar-refractivity contribution in [3.05, 3.63) is 0 Å². The van der Waals surface area contributed by atoms with E-state index < -0.39 is 0 Å². The largest absolute Gasteiger partial charge is 0.378 e. The van der Waals surface area contributed by atoms with Crippen molar-refractivity contribution in [3.63, 3.8) is 0 Å². The van der Waals surface area contributed by atoms with Gasteiger partial charge in [0.05, 0.1) is 12.7 Å². The van der Waals surface area contributed by atoms with Crippen molar-refractivity contribution >= 4 is 0 Å². The van der Waals surface area contributed by atoms with Crippen LogP contribution >= 0.6 is 0 Å². The maximum atomic E-state index is 5.86. The summed E-state index contributed by atoms with van der Waals surface area (Å²) in [6, 6.07) is 0.775. The maximum Gasteiger partial charge on any atom is 0.0538 e. The van der Waals surface area contributed by atoms with E-state index in [1.807, 2.05) is 0 Å². The molecule has 0 aromatic rings. The molecular weight excluding hydrogens is 224 g/mol. The highest BCUT2D eigenvalue weighted by Gasteiger charge is 2.45. The van der Waals surface area contributed by atoms with Crippen LogP contribution in [0.15, 0.2) is 0 Å². The van der Waals surface area contributed by atoms with Gasteiger partial charge in [-0.2, -0.15) is 0 Å². The summed E-state index contributed by atoms with van der Waals surface area (Å²) in [5.74, 6) is 0. The Hall–Kier alpha value is -0.120. The maximum absolute atomic E-state index is 5.86. The second kappa shape index (κ2) is 5.89. The van der Waals surface area contributed by atoms with Crippen molar-refractivity contribution < 1.29 is 4.74 Å². The number of likely N-dealkylation sites (tertiary alicyclic amines) is 1. The third-order valence-corrected chi connectivity index (χ3v) is 4.29. The minimum Gasteiger partial charge on any atom is -0.378 e. The third-order valence-electron chi connectivity index (χ3n) is 4.29. The van der Waals surface area contributed by atoms with Gasteiger partial charge < -0.3 is 9.64 Å². The molecule has 0 N–H and O–H groups in total. The van der Waals surface area contributed by atoms with Gasteiger partial charge in [-0.05, 0) is 60.2 Å². The molecule has 3 heteroatoms. The van der Waals surface area contributed by atoms with Crippen molar-refractivity contribution in [1.29, 1.82) is 0 Å². The number of rotatable bonds is 7. The molecule has 2 fully saturated rings. The van der Waals surface area contributed by atoms with Crippen LogP contribution in [0.4, 0.5) is 0 Å². The second-order valence-corrected chi connectivity index (χ2v) is 6.89. The van der Waals surface area contributed by atoms with Crippen LogP contribution in [0.1, 0.15) is 39.5 Å². The molecule has 1 atom stereocenters. The molecule has 0 radical (unpaired) electrons. The SMILES string of the molecule is CC(C)OCC1(CN2CCC[C@@H]2CN(C)C)CC1. The Balaban J connectivity index is 1.81. The molecule has 0 unspecified atom stereocenters. The zero-order valence-corrected chi connectivity index (χ0v) is 12.6. The number of hydrogen-bond donors (Lipinski definition) is 0. The van der Waals surface area contributed by atoms with E-state index in [4.69, 9.17) is 4.74 Å². The topological polar surface area (TPSA) is 15.7 Å². The van der Waals surface area contributed by atoms with Crippen LogP contribution in [0.5, 0.6) is 0 Å². The van der Waals surface area contributed by atoms with Gasteiger partial charge in [0.25, 0.3) is 0 Å². The lowest BCUT2D eigenvalue weighted by Crippen LogP contribution is -2.41. The number of hydrogen-bond acceptors (Lipinski definition) is 3. The van der Waals surface area contributed by atoms with E-state index >= 15 is 0 Å². The first kappa shape index (κ1) is 14.3. The average Bonchev–Trinajstić information content (AvgIpc) is 2.92. The van der Waals surface area contributed by atoms with E-state index in [0.29, 0.717) is 11.5 Å². The fraction of sp³-hybridized carbons (Fsp3) is 1.00. The van der Waals surface area contributed by atoms with Crippen LogP contribution in [0, 0.1) is 5.41 Å². The van der Waals surface area contributed by atoms with Crippen molar-refractivity contribution in [1.82, 2.24) is 9.80 Å². The monoisotopic (exact) mass is 254 g/mol. The lowest BCUT2D eigenvalue weighted by Gasteiger charge is -2.31. The van der Waals surface area contributed by atoms with E-state index in [9.17, 15) is 0 Å². The molecule has 2 rings (SSSR count). The van der Waals surface area contributed by atoms with Gasteiger partial charge in [-0.15, -0.1) is 0 Å². The standard InChI is InChI=1S/C15H30N2O/c1-13(2)18-12-15(7-8-15)11-17-9-5-6-14(17)10-16(3)4/h13-14H,5-12H2,1-4H3/t14-/m1/s1. The van der Waals surface area contributed by atoms with Crippen LogP contribution in [-0.4, -0.2) is 62.3 Å². The van der Waals surface area contributed by atoms with E-state index in [1.165, 1.54) is 45.3 Å². The predicted molar refractivity (Wildman–Crippen MR) is 75.9 cm³/mol. The molecule has 1 aliphatic heterocycles. The Labute approximate surface area is 112 Å².